The molecule has 1 amide bonds. The summed E-state index contributed by atoms with van der Waals surface area (Å²) in [5.74, 6) is -0.210. The molecular formula is C14H21N3O3S. The third kappa shape index (κ3) is 3.25. The van der Waals surface area contributed by atoms with Gasteiger partial charge in [0.25, 0.3) is 0 Å². The molecule has 1 aliphatic rings. The van der Waals surface area contributed by atoms with Crippen LogP contribution in [0.2, 0.25) is 0 Å². The minimum Gasteiger partial charge on any atom is -0.347 e. The maximum atomic E-state index is 12.8. The molecule has 6 nitrogen and oxygen atoms in total. The summed E-state index contributed by atoms with van der Waals surface area (Å²) in [5.41, 5.74) is 0.996. The Kier molecular flexibility index (Phi) is 4.65. The molecule has 1 aromatic rings. The van der Waals surface area contributed by atoms with E-state index in [0.717, 1.165) is 5.56 Å². The van der Waals surface area contributed by atoms with Crippen LogP contribution in [0.15, 0.2) is 29.2 Å². The summed E-state index contributed by atoms with van der Waals surface area (Å²) in [4.78, 5) is 13.9. The topological polar surface area (TPSA) is 69.7 Å². The van der Waals surface area contributed by atoms with Crippen molar-refractivity contribution < 1.29 is 13.2 Å². The number of aryl methyl sites for hydroxylation is 1. The Morgan fingerprint density at radius 2 is 1.90 bits per heavy atom. The number of carbonyl (C=O) groups excluding carboxylic acids is 1. The highest BCUT2D eigenvalue weighted by atomic mass is 32.2. The van der Waals surface area contributed by atoms with E-state index in [4.69, 9.17) is 0 Å². The zero-order chi connectivity index (χ0) is 15.6. The van der Waals surface area contributed by atoms with Crippen molar-refractivity contribution in [2.75, 3.05) is 33.7 Å². The molecule has 0 bridgehead atoms. The number of hydrogen-bond donors (Lipinski definition) is 1. The fraction of sp³-hybridized carbons (Fsp3) is 0.500. The molecule has 1 heterocycles. The van der Waals surface area contributed by atoms with Gasteiger partial charge >= 0.3 is 0 Å². The van der Waals surface area contributed by atoms with Crippen LogP contribution in [0.1, 0.15) is 5.56 Å². The van der Waals surface area contributed by atoms with Crippen LogP contribution in [-0.2, 0) is 14.8 Å². The van der Waals surface area contributed by atoms with Crippen molar-refractivity contribution >= 4 is 15.9 Å². The average Bonchev–Trinajstić information content (AvgIpc) is 2.46. The second-order valence-corrected chi connectivity index (χ2v) is 7.27. The summed E-state index contributed by atoms with van der Waals surface area (Å²) < 4.78 is 26.8. The van der Waals surface area contributed by atoms with E-state index >= 15 is 0 Å². The summed E-state index contributed by atoms with van der Waals surface area (Å²) in [6.07, 6.45) is 0. The molecular weight excluding hydrogens is 290 g/mol. The van der Waals surface area contributed by atoms with Gasteiger partial charge in [0, 0.05) is 33.7 Å². The van der Waals surface area contributed by atoms with Crippen LogP contribution in [0.3, 0.4) is 0 Å². The lowest BCUT2D eigenvalue weighted by atomic mass is 10.2. The normalized spacial score (nSPS) is 20.2. The number of likely N-dealkylation sites (N-methyl/N-ethyl adjacent to an activating group) is 1. The third-order valence-electron chi connectivity index (χ3n) is 3.55. The van der Waals surface area contributed by atoms with E-state index in [1.165, 1.54) is 9.21 Å². The van der Waals surface area contributed by atoms with Gasteiger partial charge in [-0.1, -0.05) is 17.7 Å². The Morgan fingerprint density at radius 3 is 2.48 bits per heavy atom. The van der Waals surface area contributed by atoms with Crippen molar-refractivity contribution in [1.82, 2.24) is 14.5 Å². The first-order chi connectivity index (χ1) is 9.84. The average molecular weight is 311 g/mol. The Bertz CT molecular complexity index is 611. The fourth-order valence-electron chi connectivity index (χ4n) is 2.33. The Balaban J connectivity index is 2.36. The first kappa shape index (κ1) is 15.9. The molecule has 0 aromatic heterocycles. The maximum Gasteiger partial charge on any atom is 0.243 e. The lowest BCUT2D eigenvalue weighted by molar-refractivity contribution is -0.133. The number of carbonyl (C=O) groups is 1. The molecule has 7 heteroatoms. The molecule has 0 aliphatic carbocycles. The molecule has 2 rings (SSSR count). The maximum absolute atomic E-state index is 12.8. The van der Waals surface area contributed by atoms with E-state index in [0.29, 0.717) is 19.6 Å². The molecule has 1 N–H and O–H groups in total. The van der Waals surface area contributed by atoms with E-state index in [1.807, 2.05) is 6.92 Å². The van der Waals surface area contributed by atoms with Gasteiger partial charge in [-0.2, -0.15) is 4.31 Å². The zero-order valence-electron chi connectivity index (χ0n) is 12.5. The predicted molar refractivity (Wildman–Crippen MR) is 80.4 cm³/mol. The smallest absolute Gasteiger partial charge is 0.243 e. The van der Waals surface area contributed by atoms with Crippen LogP contribution in [-0.4, -0.2) is 63.3 Å². The summed E-state index contributed by atoms with van der Waals surface area (Å²) in [5, 5.41) is 3.08. The van der Waals surface area contributed by atoms with Crippen molar-refractivity contribution in [2.45, 2.75) is 17.9 Å². The second-order valence-electron chi connectivity index (χ2n) is 5.38. The molecule has 1 aliphatic heterocycles. The highest BCUT2D eigenvalue weighted by Crippen LogP contribution is 2.20. The molecule has 1 saturated heterocycles. The molecule has 1 unspecified atom stereocenters. The van der Waals surface area contributed by atoms with E-state index in [2.05, 4.69) is 5.32 Å². The standard InChI is InChI=1S/C14H21N3O3S/c1-11-4-6-12(7-5-11)21(19,20)17-9-8-15-10-13(17)14(18)16(2)3/h4-7,13,15H,8-10H2,1-3H3. The van der Waals surface area contributed by atoms with Crippen LogP contribution >= 0.6 is 0 Å². The summed E-state index contributed by atoms with van der Waals surface area (Å²) in [6.45, 7) is 3.07. The summed E-state index contributed by atoms with van der Waals surface area (Å²) in [7, 11) is -0.396. The fourth-order valence-corrected chi connectivity index (χ4v) is 3.91. The molecule has 0 spiro atoms. The predicted octanol–water partition coefficient (Wildman–Crippen LogP) is 0.0457. The van der Waals surface area contributed by atoms with Crippen molar-refractivity contribution in [2.24, 2.45) is 0 Å². The minimum absolute atomic E-state index is 0.210. The molecule has 21 heavy (non-hydrogen) atoms. The lowest BCUT2D eigenvalue weighted by Crippen LogP contribution is -2.59. The first-order valence-corrected chi connectivity index (χ1v) is 8.28. The molecule has 1 atom stereocenters. The number of nitrogens with zero attached hydrogens (tertiary/aromatic N) is 2. The zero-order valence-corrected chi connectivity index (χ0v) is 13.4. The summed E-state index contributed by atoms with van der Waals surface area (Å²) in [6, 6.07) is 6.00. The van der Waals surface area contributed by atoms with Crippen LogP contribution in [0.5, 0.6) is 0 Å². The number of nitrogens with one attached hydrogen (secondary N) is 1. The monoisotopic (exact) mass is 311 g/mol. The number of amides is 1. The van der Waals surface area contributed by atoms with Crippen molar-refractivity contribution in [3.63, 3.8) is 0 Å². The van der Waals surface area contributed by atoms with Crippen molar-refractivity contribution in [1.29, 1.82) is 0 Å². The van der Waals surface area contributed by atoms with E-state index in [1.54, 1.807) is 38.4 Å². The van der Waals surface area contributed by atoms with Gasteiger partial charge in [0.1, 0.15) is 6.04 Å². The number of hydrogen-bond acceptors (Lipinski definition) is 4. The largest absolute Gasteiger partial charge is 0.347 e. The van der Waals surface area contributed by atoms with Gasteiger partial charge in [-0.15, -0.1) is 0 Å². The van der Waals surface area contributed by atoms with Crippen molar-refractivity contribution in [3.05, 3.63) is 29.8 Å². The molecule has 1 aromatic carbocycles. The summed E-state index contributed by atoms with van der Waals surface area (Å²) >= 11 is 0. The SMILES string of the molecule is Cc1ccc(S(=O)(=O)N2CCNCC2C(=O)N(C)C)cc1. The van der Waals surface area contributed by atoms with Gasteiger partial charge in [-0.3, -0.25) is 4.79 Å². The van der Waals surface area contributed by atoms with E-state index in [9.17, 15) is 13.2 Å². The van der Waals surface area contributed by atoms with Gasteiger partial charge < -0.3 is 10.2 Å². The Morgan fingerprint density at radius 1 is 1.29 bits per heavy atom. The second kappa shape index (κ2) is 6.13. The van der Waals surface area contributed by atoms with E-state index < -0.39 is 16.1 Å². The molecule has 0 saturated carbocycles. The highest BCUT2D eigenvalue weighted by molar-refractivity contribution is 7.89. The lowest BCUT2D eigenvalue weighted by Gasteiger charge is -2.35. The highest BCUT2D eigenvalue weighted by Gasteiger charge is 2.38. The number of piperazine rings is 1. The minimum atomic E-state index is -3.66. The molecule has 0 radical (unpaired) electrons. The van der Waals surface area contributed by atoms with Crippen LogP contribution in [0.25, 0.3) is 0 Å². The first-order valence-electron chi connectivity index (χ1n) is 6.84. The van der Waals surface area contributed by atoms with Gasteiger partial charge in [0.2, 0.25) is 15.9 Å². The molecule has 116 valence electrons. The van der Waals surface area contributed by atoms with Gasteiger partial charge in [-0.25, -0.2) is 8.42 Å². The van der Waals surface area contributed by atoms with Crippen LogP contribution in [0.4, 0.5) is 0 Å². The Hall–Kier alpha value is -1.44. The van der Waals surface area contributed by atoms with Crippen LogP contribution < -0.4 is 5.32 Å². The van der Waals surface area contributed by atoms with Gasteiger partial charge in [-0.05, 0) is 19.1 Å². The molecule has 1 fully saturated rings. The third-order valence-corrected chi connectivity index (χ3v) is 5.47. The van der Waals surface area contributed by atoms with Gasteiger partial charge in [0.15, 0.2) is 0 Å². The Labute approximate surface area is 125 Å². The van der Waals surface area contributed by atoms with Crippen molar-refractivity contribution in [3.8, 4) is 0 Å². The van der Waals surface area contributed by atoms with E-state index in [-0.39, 0.29) is 10.8 Å². The number of benzene rings is 1. The number of sulfonamides is 1. The van der Waals surface area contributed by atoms with Gasteiger partial charge in [0.05, 0.1) is 4.90 Å². The number of rotatable bonds is 3. The quantitative estimate of drug-likeness (QED) is 0.856. The van der Waals surface area contributed by atoms with Crippen LogP contribution in [0, 0.1) is 6.92 Å².